The standard InChI is InChI=1S/C14H13ClN2.C6H6.C4H3ClN2/c15-14-8-13(16-9-17-14)12-7-6-11(12)10-4-2-1-3-5-10;1-2-4-6-5-3-1;5-4-1-2-6-3-7-4/h1-5,8-9,11-12H,6-7H2;1-6H;1-3H. The fourth-order valence-electron chi connectivity index (χ4n) is 3.16. The minimum absolute atomic E-state index is 0.481. The van der Waals surface area contributed by atoms with E-state index in [0.717, 1.165) is 5.69 Å². The van der Waals surface area contributed by atoms with Crippen LogP contribution in [0.1, 0.15) is 35.9 Å². The predicted molar refractivity (Wildman–Crippen MR) is 122 cm³/mol. The van der Waals surface area contributed by atoms with E-state index < -0.39 is 0 Å². The van der Waals surface area contributed by atoms with Gasteiger partial charge in [-0.05, 0) is 36.5 Å². The van der Waals surface area contributed by atoms with Gasteiger partial charge in [-0.15, -0.1) is 0 Å². The first-order valence-electron chi connectivity index (χ1n) is 9.68. The van der Waals surface area contributed by atoms with Gasteiger partial charge in [0, 0.05) is 17.8 Å². The average molecular weight is 437 g/mol. The summed E-state index contributed by atoms with van der Waals surface area (Å²) in [7, 11) is 0. The molecule has 6 heteroatoms. The summed E-state index contributed by atoms with van der Waals surface area (Å²) in [6.45, 7) is 0. The van der Waals surface area contributed by atoms with Crippen LogP contribution in [0.2, 0.25) is 10.3 Å². The smallest absolute Gasteiger partial charge is 0.132 e. The summed E-state index contributed by atoms with van der Waals surface area (Å²) in [6, 6.07) is 26.1. The number of benzene rings is 2. The number of nitrogens with zero attached hydrogens (tertiary/aromatic N) is 4. The van der Waals surface area contributed by atoms with Gasteiger partial charge in [0.15, 0.2) is 0 Å². The molecule has 2 unspecified atom stereocenters. The Bertz CT molecular complexity index is 959. The zero-order chi connectivity index (χ0) is 21.0. The first kappa shape index (κ1) is 21.9. The average Bonchev–Trinajstić information content (AvgIpc) is 2.77. The second kappa shape index (κ2) is 12.0. The summed E-state index contributed by atoms with van der Waals surface area (Å²) >= 11 is 11.3. The van der Waals surface area contributed by atoms with Crippen molar-refractivity contribution in [3.63, 3.8) is 0 Å². The molecule has 0 saturated heterocycles. The molecule has 152 valence electrons. The van der Waals surface area contributed by atoms with E-state index in [1.54, 1.807) is 18.6 Å². The molecule has 2 aromatic carbocycles. The number of halogens is 2. The van der Waals surface area contributed by atoms with Crippen molar-refractivity contribution < 1.29 is 0 Å². The second-order valence-electron chi connectivity index (χ2n) is 6.65. The Hall–Kier alpha value is -2.82. The number of hydrogen-bond acceptors (Lipinski definition) is 4. The quantitative estimate of drug-likeness (QED) is 0.331. The third kappa shape index (κ3) is 6.90. The number of rotatable bonds is 2. The van der Waals surface area contributed by atoms with Crippen LogP contribution in [0.15, 0.2) is 97.7 Å². The van der Waals surface area contributed by atoms with Crippen LogP contribution < -0.4 is 0 Å². The molecular weight excluding hydrogens is 415 g/mol. The van der Waals surface area contributed by atoms with Crippen molar-refractivity contribution in [3.05, 3.63) is 119 Å². The van der Waals surface area contributed by atoms with Gasteiger partial charge in [-0.3, -0.25) is 0 Å². The largest absolute Gasteiger partial charge is 0.245 e. The van der Waals surface area contributed by atoms with E-state index in [2.05, 4.69) is 50.3 Å². The number of hydrogen-bond donors (Lipinski definition) is 0. The lowest BCUT2D eigenvalue weighted by molar-refractivity contribution is 0.339. The molecule has 0 spiro atoms. The van der Waals surface area contributed by atoms with E-state index >= 15 is 0 Å². The molecule has 1 aliphatic carbocycles. The monoisotopic (exact) mass is 436 g/mol. The summed E-state index contributed by atoms with van der Waals surface area (Å²) in [5.41, 5.74) is 2.48. The van der Waals surface area contributed by atoms with E-state index in [1.807, 2.05) is 42.5 Å². The third-order valence-corrected chi connectivity index (χ3v) is 5.18. The Morgan fingerprint density at radius 1 is 0.633 bits per heavy atom. The first-order valence-corrected chi connectivity index (χ1v) is 10.4. The normalized spacial score (nSPS) is 16.7. The lowest BCUT2D eigenvalue weighted by Gasteiger charge is -2.36. The minimum atomic E-state index is 0.481. The van der Waals surface area contributed by atoms with Crippen molar-refractivity contribution in [2.45, 2.75) is 24.7 Å². The zero-order valence-corrected chi connectivity index (χ0v) is 17.9. The van der Waals surface area contributed by atoms with Gasteiger partial charge in [-0.1, -0.05) is 89.9 Å². The van der Waals surface area contributed by atoms with Crippen molar-refractivity contribution in [2.24, 2.45) is 0 Å². The molecule has 4 nitrogen and oxygen atoms in total. The Labute approximate surface area is 187 Å². The maximum absolute atomic E-state index is 5.91. The van der Waals surface area contributed by atoms with Gasteiger partial charge < -0.3 is 0 Å². The van der Waals surface area contributed by atoms with Crippen molar-refractivity contribution in [1.82, 2.24) is 19.9 Å². The molecule has 1 fully saturated rings. The molecule has 0 N–H and O–H groups in total. The number of aromatic nitrogens is 4. The highest BCUT2D eigenvalue weighted by molar-refractivity contribution is 6.29. The fraction of sp³-hybridized carbons (Fsp3) is 0.167. The molecule has 2 heterocycles. The molecule has 0 radical (unpaired) electrons. The fourth-order valence-corrected chi connectivity index (χ4v) is 3.42. The molecule has 30 heavy (non-hydrogen) atoms. The molecular formula is C24H22Cl2N4. The third-order valence-electron chi connectivity index (χ3n) is 4.75. The molecule has 1 aliphatic rings. The summed E-state index contributed by atoms with van der Waals surface area (Å²) in [6.07, 6.45) is 6.97. The Balaban J connectivity index is 0.000000161. The topological polar surface area (TPSA) is 51.6 Å². The van der Waals surface area contributed by atoms with E-state index in [1.165, 1.54) is 24.7 Å². The van der Waals surface area contributed by atoms with Crippen LogP contribution in [0.5, 0.6) is 0 Å². The summed E-state index contributed by atoms with van der Waals surface area (Å²) in [5.74, 6) is 1.08. The predicted octanol–water partition coefficient (Wildman–Crippen LogP) is 6.61. The minimum Gasteiger partial charge on any atom is -0.245 e. The van der Waals surface area contributed by atoms with Crippen molar-refractivity contribution in [2.75, 3.05) is 0 Å². The highest BCUT2D eigenvalue weighted by Gasteiger charge is 2.34. The van der Waals surface area contributed by atoms with Gasteiger partial charge in [-0.25, -0.2) is 19.9 Å². The summed E-state index contributed by atoms with van der Waals surface area (Å²) < 4.78 is 0. The van der Waals surface area contributed by atoms with Crippen LogP contribution in [0, 0.1) is 0 Å². The van der Waals surface area contributed by atoms with Gasteiger partial charge in [0.05, 0.1) is 0 Å². The molecule has 2 atom stereocenters. The Morgan fingerprint density at radius 2 is 1.23 bits per heavy atom. The molecule has 1 saturated carbocycles. The molecule has 4 aromatic rings. The molecule has 0 amide bonds. The van der Waals surface area contributed by atoms with E-state index in [9.17, 15) is 0 Å². The summed E-state index contributed by atoms with van der Waals surface area (Å²) in [4.78, 5) is 15.6. The van der Waals surface area contributed by atoms with Gasteiger partial charge in [0.25, 0.3) is 0 Å². The molecule has 0 aliphatic heterocycles. The Kier molecular flexibility index (Phi) is 8.76. The van der Waals surface area contributed by atoms with Crippen LogP contribution in [0.25, 0.3) is 0 Å². The maximum atomic E-state index is 5.91. The van der Waals surface area contributed by atoms with Gasteiger partial charge in [0.1, 0.15) is 23.0 Å². The zero-order valence-electron chi connectivity index (χ0n) is 16.4. The van der Waals surface area contributed by atoms with Crippen LogP contribution in [-0.4, -0.2) is 19.9 Å². The maximum Gasteiger partial charge on any atom is 0.132 e. The van der Waals surface area contributed by atoms with Crippen molar-refractivity contribution in [1.29, 1.82) is 0 Å². The van der Waals surface area contributed by atoms with Gasteiger partial charge in [0.2, 0.25) is 0 Å². The lowest BCUT2D eigenvalue weighted by atomic mass is 9.68. The molecule has 5 rings (SSSR count). The van der Waals surface area contributed by atoms with E-state index in [-0.39, 0.29) is 0 Å². The Morgan fingerprint density at radius 3 is 1.70 bits per heavy atom. The highest BCUT2D eigenvalue weighted by atomic mass is 35.5. The van der Waals surface area contributed by atoms with E-state index in [4.69, 9.17) is 23.2 Å². The molecule has 2 aromatic heterocycles. The summed E-state index contributed by atoms with van der Waals surface area (Å²) in [5, 5.41) is 1.02. The van der Waals surface area contributed by atoms with E-state index in [0.29, 0.717) is 22.1 Å². The lowest BCUT2D eigenvalue weighted by Crippen LogP contribution is -2.22. The second-order valence-corrected chi connectivity index (χ2v) is 7.43. The van der Waals surface area contributed by atoms with Gasteiger partial charge in [-0.2, -0.15) is 0 Å². The van der Waals surface area contributed by atoms with Crippen LogP contribution in [0.3, 0.4) is 0 Å². The van der Waals surface area contributed by atoms with Crippen LogP contribution in [0.4, 0.5) is 0 Å². The first-order chi connectivity index (χ1) is 14.7. The molecule has 0 bridgehead atoms. The van der Waals surface area contributed by atoms with Crippen molar-refractivity contribution in [3.8, 4) is 0 Å². The van der Waals surface area contributed by atoms with Crippen molar-refractivity contribution >= 4 is 23.2 Å². The van der Waals surface area contributed by atoms with Gasteiger partial charge >= 0.3 is 0 Å². The SMILES string of the molecule is Clc1cc(C2CCC2c2ccccc2)ncn1.Clc1ccncn1.c1ccccc1. The van der Waals surface area contributed by atoms with Crippen LogP contribution >= 0.6 is 23.2 Å². The highest BCUT2D eigenvalue weighted by Crippen LogP contribution is 2.48. The van der Waals surface area contributed by atoms with Crippen LogP contribution in [-0.2, 0) is 0 Å².